The minimum absolute atomic E-state index is 0. The molecule has 0 saturated heterocycles. The van der Waals surface area contributed by atoms with Crippen molar-refractivity contribution in [2.75, 3.05) is 0 Å². The van der Waals surface area contributed by atoms with Crippen molar-refractivity contribution in [3.63, 3.8) is 0 Å². The Morgan fingerprint density at radius 1 is 0.588 bits per heavy atom. The predicted octanol–water partition coefficient (Wildman–Crippen LogP) is -1.06. The minimum Gasteiger partial charge on any atom is -0.356 e. The van der Waals surface area contributed by atoms with E-state index in [1.165, 1.54) is 0 Å². The maximum absolute atomic E-state index is 8.36. The Morgan fingerprint density at radius 3 is 0.588 bits per heavy atom. The molecule has 0 atom stereocenters. The van der Waals surface area contributed by atoms with E-state index in [1.807, 2.05) is 0 Å². The van der Waals surface area contributed by atoms with E-state index in [4.69, 9.17) is 61.3 Å². The second kappa shape index (κ2) is 23.9. The first-order valence-electron chi connectivity index (χ1n) is 2.21. The summed E-state index contributed by atoms with van der Waals surface area (Å²) in [7, 11) is 0. The zero-order valence-electron chi connectivity index (χ0n) is 7.10. The summed E-state index contributed by atoms with van der Waals surface area (Å²) in [6, 6.07) is 0. The number of nitrogens with zero attached hydrogens (tertiary/aromatic N) is 4. The van der Waals surface area contributed by atoms with Crippen LogP contribution in [0, 0.1) is 105 Å². The topological polar surface area (TPSA) is 262 Å². The maximum Gasteiger partial charge on any atom is 3.00 e. The van der Waals surface area contributed by atoms with Gasteiger partial charge in [0.25, 0.3) is 5.09 Å². The van der Waals surface area contributed by atoms with Gasteiger partial charge in [0.1, 0.15) is 0 Å². The third-order valence-electron chi connectivity index (χ3n) is 0. The fourth-order valence-corrected chi connectivity index (χ4v) is 0. The largest absolute Gasteiger partial charge is 3.00 e. The van der Waals surface area contributed by atoms with Gasteiger partial charge in [-0.15, -0.1) is 10.1 Å². The number of rotatable bonds is 0. The Labute approximate surface area is 130 Å². The van der Waals surface area contributed by atoms with Crippen LogP contribution in [0.3, 0.4) is 0 Å². The molecule has 17 heavy (non-hydrogen) atoms. The Hall–Kier alpha value is -1.62. The zero-order valence-corrected chi connectivity index (χ0v) is 9.53. The number of hydrogen-bond donors (Lipinski definition) is 1. The van der Waals surface area contributed by atoms with Gasteiger partial charge in [0.15, 0.2) is 0 Å². The summed E-state index contributed by atoms with van der Waals surface area (Å²) in [4.78, 5) is 33.1. The molecule has 0 bridgehead atoms. The van der Waals surface area contributed by atoms with Gasteiger partial charge in [-0.05, 0) is 0 Å². The third kappa shape index (κ3) is 845. The van der Waals surface area contributed by atoms with E-state index in [9.17, 15) is 0 Å². The molecule has 0 aromatic carbocycles. The molecule has 0 aromatic rings. The van der Waals surface area contributed by atoms with Crippen LogP contribution in [0.1, 0.15) is 0 Å². The van der Waals surface area contributed by atoms with Crippen molar-refractivity contribution in [1.29, 1.82) is 0 Å². The fourth-order valence-electron chi connectivity index (χ4n) is 0. The van der Waals surface area contributed by atoms with Crippen LogP contribution in [0.2, 0.25) is 0 Å². The Balaban J connectivity index is -0.0000000369. The van der Waals surface area contributed by atoms with Gasteiger partial charge in [-0.25, -0.2) is 0 Å². The SMILES string of the molecule is O=[N+]([O-])O.O=[N+]([O-])[O-].O=[N+]([O-])[O-].O=[N+]([O-])[O-].[Eu+3]. The van der Waals surface area contributed by atoms with Crippen molar-refractivity contribution < 1.29 is 74.9 Å². The van der Waals surface area contributed by atoms with Crippen LogP contribution in [0.4, 0.5) is 0 Å². The molecule has 0 spiro atoms. The van der Waals surface area contributed by atoms with Crippen molar-refractivity contribution in [1.82, 2.24) is 0 Å². The van der Waals surface area contributed by atoms with Gasteiger partial charge < -0.3 is 51.2 Å². The van der Waals surface area contributed by atoms with E-state index in [2.05, 4.69) is 0 Å². The number of hydrogen-bond acceptors (Lipinski definition) is 11. The fraction of sp³-hybridized carbons (Fsp3) is 0. The Bertz CT molecular complexity index is 159. The molecule has 0 radical (unpaired) electrons. The van der Waals surface area contributed by atoms with E-state index < -0.39 is 20.3 Å². The third-order valence-corrected chi connectivity index (χ3v) is 0. The minimum atomic E-state index is -1.75. The second-order valence-corrected chi connectivity index (χ2v) is 0.909. The average Bonchev–Trinajstić information content (AvgIpc) is 1.76. The van der Waals surface area contributed by atoms with Crippen molar-refractivity contribution in [3.8, 4) is 0 Å². The van der Waals surface area contributed by atoms with E-state index >= 15 is 0 Å². The molecule has 1 N–H and O–H groups in total. The van der Waals surface area contributed by atoms with Gasteiger partial charge in [0.2, 0.25) is 0 Å². The average molecular weight is 401 g/mol. The molecular formula is HEuN4O12. The van der Waals surface area contributed by atoms with E-state index in [0.717, 1.165) is 0 Å². The van der Waals surface area contributed by atoms with Crippen molar-refractivity contribution in [2.24, 2.45) is 0 Å². The van der Waals surface area contributed by atoms with E-state index in [1.54, 1.807) is 0 Å². The van der Waals surface area contributed by atoms with Gasteiger partial charge in [-0.1, -0.05) is 0 Å². The summed E-state index contributed by atoms with van der Waals surface area (Å²) in [5, 5.41) is 57.9. The quantitative estimate of drug-likeness (QED) is 0.376. The summed E-state index contributed by atoms with van der Waals surface area (Å²) in [5.74, 6) is 0. The first kappa shape index (κ1) is 29.5. The molecule has 17 heteroatoms. The van der Waals surface area contributed by atoms with Crippen molar-refractivity contribution in [2.45, 2.75) is 0 Å². The molecule has 16 nitrogen and oxygen atoms in total. The van der Waals surface area contributed by atoms with Crippen LogP contribution in [0.5, 0.6) is 0 Å². The van der Waals surface area contributed by atoms with Crippen molar-refractivity contribution in [3.05, 3.63) is 56.1 Å². The van der Waals surface area contributed by atoms with Gasteiger partial charge in [0.05, 0.1) is 15.3 Å². The Morgan fingerprint density at radius 2 is 0.588 bits per heavy atom. The van der Waals surface area contributed by atoms with Crippen LogP contribution >= 0.6 is 0 Å². The molecule has 0 aliphatic rings. The van der Waals surface area contributed by atoms with E-state index in [0.29, 0.717) is 0 Å². The zero-order chi connectivity index (χ0) is 14.3. The first-order valence-corrected chi connectivity index (χ1v) is 2.21. The van der Waals surface area contributed by atoms with Crippen LogP contribution < -0.4 is 0 Å². The normalized spacial score (nSPS) is 5.65. The summed E-state index contributed by atoms with van der Waals surface area (Å²) in [5.41, 5.74) is 0. The molecule has 0 heterocycles. The van der Waals surface area contributed by atoms with E-state index in [-0.39, 0.29) is 49.4 Å². The summed E-state index contributed by atoms with van der Waals surface area (Å²) in [6.45, 7) is 0. The van der Waals surface area contributed by atoms with Gasteiger partial charge >= 0.3 is 49.4 Å². The van der Waals surface area contributed by atoms with Gasteiger partial charge in [0, 0.05) is 0 Å². The molecule has 0 amide bonds. The molecule has 0 aromatic heterocycles. The molecule has 0 rings (SSSR count). The predicted molar refractivity (Wildman–Crippen MR) is 39.9 cm³/mol. The molecule has 0 unspecified atom stereocenters. The monoisotopic (exact) mass is 402 g/mol. The molecular weight excluding hydrogens is 400 g/mol. The molecule has 0 aliphatic heterocycles. The summed E-state index contributed by atoms with van der Waals surface area (Å²) < 4.78 is 0. The van der Waals surface area contributed by atoms with Crippen LogP contribution in [-0.2, 0) is 0 Å². The van der Waals surface area contributed by atoms with Crippen molar-refractivity contribution >= 4 is 0 Å². The standard InChI is InChI=1S/Eu.HNO3.3NO3/c;4*2-1(3)4/h;(H,2,3,4);;;/q+3;;3*-1. The molecule has 0 aliphatic carbocycles. The van der Waals surface area contributed by atoms with Crippen LogP contribution in [0.15, 0.2) is 0 Å². The Kier molecular flexibility index (Phi) is 41.5. The van der Waals surface area contributed by atoms with Gasteiger partial charge in [-0.2, -0.15) is 0 Å². The summed E-state index contributed by atoms with van der Waals surface area (Å²) >= 11 is 0. The maximum atomic E-state index is 8.36. The summed E-state index contributed by atoms with van der Waals surface area (Å²) in [6.07, 6.45) is 0. The van der Waals surface area contributed by atoms with Crippen LogP contribution in [-0.4, -0.2) is 25.6 Å². The molecule has 100 valence electrons. The van der Waals surface area contributed by atoms with Gasteiger partial charge in [-0.3, -0.25) is 0 Å². The second-order valence-electron chi connectivity index (χ2n) is 0.909. The van der Waals surface area contributed by atoms with Crippen LogP contribution in [0.25, 0.3) is 0 Å². The first-order chi connectivity index (χ1) is 6.93. The molecule has 0 fully saturated rings. The molecule has 0 saturated carbocycles. The smallest absolute Gasteiger partial charge is 0.356 e.